The first-order chi connectivity index (χ1) is 12.5. The van der Waals surface area contributed by atoms with E-state index in [1.165, 1.54) is 11.1 Å². The van der Waals surface area contributed by atoms with Gasteiger partial charge in [-0.05, 0) is 50.1 Å². The molecule has 3 aromatic rings. The molecule has 1 aromatic carbocycles. The molecule has 1 unspecified atom stereocenters. The SMILES string of the molecule is Cc1cc2cc(C(=O)N3CCN(C(C)c4nccs4)CC3)oc2cc1C. The molecule has 2 aromatic heterocycles. The van der Waals surface area contributed by atoms with E-state index in [2.05, 4.69) is 36.7 Å². The second-order valence-corrected chi connectivity index (χ2v) is 7.89. The van der Waals surface area contributed by atoms with Crippen LogP contribution in [0, 0.1) is 13.8 Å². The minimum Gasteiger partial charge on any atom is -0.451 e. The van der Waals surface area contributed by atoms with Crippen LogP contribution in [0.1, 0.15) is 39.7 Å². The molecule has 4 rings (SSSR count). The molecule has 0 saturated carbocycles. The van der Waals surface area contributed by atoms with E-state index in [0.29, 0.717) is 24.9 Å². The van der Waals surface area contributed by atoms with Crippen molar-refractivity contribution in [2.75, 3.05) is 26.2 Å². The number of carbonyl (C=O) groups excluding carboxylic acids is 1. The molecule has 1 atom stereocenters. The molecule has 0 N–H and O–H groups in total. The first-order valence-electron chi connectivity index (χ1n) is 8.96. The molecule has 136 valence electrons. The van der Waals surface area contributed by atoms with Crippen LogP contribution in [0.3, 0.4) is 0 Å². The highest BCUT2D eigenvalue weighted by atomic mass is 32.1. The van der Waals surface area contributed by atoms with Crippen molar-refractivity contribution in [1.29, 1.82) is 0 Å². The number of thiazole rings is 1. The van der Waals surface area contributed by atoms with Crippen LogP contribution in [-0.2, 0) is 0 Å². The number of aromatic nitrogens is 1. The van der Waals surface area contributed by atoms with Crippen LogP contribution in [0.2, 0.25) is 0 Å². The predicted molar refractivity (Wildman–Crippen MR) is 104 cm³/mol. The summed E-state index contributed by atoms with van der Waals surface area (Å²) < 4.78 is 5.84. The number of hydrogen-bond acceptors (Lipinski definition) is 5. The lowest BCUT2D eigenvalue weighted by molar-refractivity contribution is 0.0555. The normalized spacial score (nSPS) is 17.0. The summed E-state index contributed by atoms with van der Waals surface area (Å²) in [6.07, 6.45) is 1.85. The second-order valence-electron chi connectivity index (χ2n) is 6.96. The highest BCUT2D eigenvalue weighted by Gasteiger charge is 2.27. The number of carbonyl (C=O) groups is 1. The van der Waals surface area contributed by atoms with Crippen molar-refractivity contribution >= 4 is 28.2 Å². The Kier molecular flexibility index (Phi) is 4.54. The van der Waals surface area contributed by atoms with Crippen LogP contribution in [0.5, 0.6) is 0 Å². The molecule has 1 saturated heterocycles. The maximum atomic E-state index is 12.8. The molecular formula is C20H23N3O2S. The lowest BCUT2D eigenvalue weighted by Crippen LogP contribution is -2.49. The van der Waals surface area contributed by atoms with E-state index in [1.54, 1.807) is 11.3 Å². The Balaban J connectivity index is 1.45. The predicted octanol–water partition coefficient (Wildman–Crippen LogP) is 4.03. The van der Waals surface area contributed by atoms with Crippen molar-refractivity contribution in [2.45, 2.75) is 26.8 Å². The van der Waals surface area contributed by atoms with Gasteiger partial charge in [0.25, 0.3) is 5.91 Å². The fourth-order valence-electron chi connectivity index (χ4n) is 3.47. The Morgan fingerprint density at radius 2 is 1.88 bits per heavy atom. The zero-order valence-corrected chi connectivity index (χ0v) is 16.2. The highest BCUT2D eigenvalue weighted by Crippen LogP contribution is 2.26. The van der Waals surface area contributed by atoms with Gasteiger partial charge in [-0.1, -0.05) is 0 Å². The van der Waals surface area contributed by atoms with Crippen molar-refractivity contribution < 1.29 is 9.21 Å². The van der Waals surface area contributed by atoms with Crippen LogP contribution in [0.25, 0.3) is 11.0 Å². The quantitative estimate of drug-likeness (QED) is 0.699. The Hall–Kier alpha value is -2.18. The van der Waals surface area contributed by atoms with Crippen LogP contribution < -0.4 is 0 Å². The van der Waals surface area contributed by atoms with Crippen molar-refractivity contribution in [2.24, 2.45) is 0 Å². The van der Waals surface area contributed by atoms with Gasteiger partial charge in [0.2, 0.25) is 0 Å². The monoisotopic (exact) mass is 369 g/mol. The largest absolute Gasteiger partial charge is 0.451 e. The van der Waals surface area contributed by atoms with Gasteiger partial charge in [0.05, 0.1) is 6.04 Å². The summed E-state index contributed by atoms with van der Waals surface area (Å²) >= 11 is 1.68. The smallest absolute Gasteiger partial charge is 0.289 e. The zero-order chi connectivity index (χ0) is 18.3. The average molecular weight is 369 g/mol. The van der Waals surface area contributed by atoms with Gasteiger partial charge in [-0.2, -0.15) is 0 Å². The number of aryl methyl sites for hydroxylation is 2. The van der Waals surface area contributed by atoms with Crippen LogP contribution in [0.15, 0.2) is 34.2 Å². The molecule has 6 heteroatoms. The number of hydrogen-bond donors (Lipinski definition) is 0. The molecule has 1 amide bonds. The van der Waals surface area contributed by atoms with Gasteiger partial charge < -0.3 is 9.32 Å². The third kappa shape index (κ3) is 3.15. The van der Waals surface area contributed by atoms with Crippen LogP contribution in [0.4, 0.5) is 0 Å². The van der Waals surface area contributed by atoms with Gasteiger partial charge in [0, 0.05) is 43.1 Å². The minimum absolute atomic E-state index is 0.0157. The lowest BCUT2D eigenvalue weighted by atomic mass is 10.1. The molecule has 3 heterocycles. The molecule has 1 aliphatic rings. The molecule has 5 nitrogen and oxygen atoms in total. The summed E-state index contributed by atoms with van der Waals surface area (Å²) in [6.45, 7) is 9.44. The third-order valence-corrected chi connectivity index (χ3v) is 6.25. The summed E-state index contributed by atoms with van der Waals surface area (Å²) in [5.41, 5.74) is 3.17. The Labute approximate surface area is 157 Å². The summed E-state index contributed by atoms with van der Waals surface area (Å²) in [6, 6.07) is 6.26. The van der Waals surface area contributed by atoms with E-state index in [1.807, 2.05) is 28.6 Å². The van der Waals surface area contributed by atoms with Crippen molar-refractivity contribution in [3.8, 4) is 0 Å². The number of nitrogens with zero attached hydrogens (tertiary/aromatic N) is 3. The fraction of sp³-hybridized carbons (Fsp3) is 0.400. The van der Waals surface area contributed by atoms with Gasteiger partial charge in [-0.3, -0.25) is 9.69 Å². The van der Waals surface area contributed by atoms with E-state index in [9.17, 15) is 4.79 Å². The van der Waals surface area contributed by atoms with E-state index < -0.39 is 0 Å². The number of fused-ring (bicyclic) bond motifs is 1. The summed E-state index contributed by atoms with van der Waals surface area (Å²) in [5.74, 6) is 0.421. The van der Waals surface area contributed by atoms with Crippen LogP contribution in [-0.4, -0.2) is 46.9 Å². The van der Waals surface area contributed by atoms with Gasteiger partial charge in [0.1, 0.15) is 10.6 Å². The first kappa shape index (κ1) is 17.2. The zero-order valence-electron chi connectivity index (χ0n) is 15.4. The Morgan fingerprint density at radius 3 is 2.58 bits per heavy atom. The molecule has 0 spiro atoms. The van der Waals surface area contributed by atoms with E-state index in [0.717, 1.165) is 29.1 Å². The molecule has 1 fully saturated rings. The minimum atomic E-state index is -0.0157. The topological polar surface area (TPSA) is 49.6 Å². The number of rotatable bonds is 3. The Bertz CT molecular complexity index is 885. The maximum Gasteiger partial charge on any atom is 0.289 e. The van der Waals surface area contributed by atoms with E-state index >= 15 is 0 Å². The fourth-order valence-corrected chi connectivity index (χ4v) is 4.20. The second kappa shape index (κ2) is 6.85. The first-order valence-corrected chi connectivity index (χ1v) is 9.84. The number of benzene rings is 1. The average Bonchev–Trinajstić information content (AvgIpc) is 3.31. The molecule has 0 aliphatic carbocycles. The van der Waals surface area contributed by atoms with Gasteiger partial charge in [-0.25, -0.2) is 4.98 Å². The Morgan fingerprint density at radius 1 is 1.15 bits per heavy atom. The molecular weight excluding hydrogens is 346 g/mol. The highest BCUT2D eigenvalue weighted by molar-refractivity contribution is 7.09. The van der Waals surface area contributed by atoms with Gasteiger partial charge in [0.15, 0.2) is 5.76 Å². The summed E-state index contributed by atoms with van der Waals surface area (Å²) in [7, 11) is 0. The number of furan rings is 1. The molecule has 0 bridgehead atoms. The van der Waals surface area contributed by atoms with Crippen molar-refractivity contribution in [3.63, 3.8) is 0 Å². The summed E-state index contributed by atoms with van der Waals surface area (Å²) in [5, 5.41) is 4.14. The molecule has 26 heavy (non-hydrogen) atoms. The van der Waals surface area contributed by atoms with Gasteiger partial charge >= 0.3 is 0 Å². The number of amides is 1. The standard InChI is InChI=1S/C20H23N3O2S/c1-13-10-16-12-18(25-17(16)11-14(13)2)20(24)23-7-5-22(6-8-23)15(3)19-21-4-9-26-19/h4,9-12,15H,5-8H2,1-3H3. The van der Waals surface area contributed by atoms with E-state index in [4.69, 9.17) is 4.42 Å². The van der Waals surface area contributed by atoms with Crippen LogP contribution >= 0.6 is 11.3 Å². The third-order valence-electron chi connectivity index (χ3n) is 5.30. The maximum absolute atomic E-state index is 12.8. The van der Waals surface area contributed by atoms with E-state index in [-0.39, 0.29) is 5.91 Å². The number of piperazine rings is 1. The molecule has 0 radical (unpaired) electrons. The van der Waals surface area contributed by atoms with Gasteiger partial charge in [-0.15, -0.1) is 11.3 Å². The molecule has 1 aliphatic heterocycles. The lowest BCUT2D eigenvalue weighted by Gasteiger charge is -2.37. The summed E-state index contributed by atoms with van der Waals surface area (Å²) in [4.78, 5) is 21.5. The van der Waals surface area contributed by atoms with Crippen molar-refractivity contribution in [1.82, 2.24) is 14.8 Å². The van der Waals surface area contributed by atoms with Crippen molar-refractivity contribution in [3.05, 3.63) is 51.7 Å².